The number of aromatic nitrogens is 2. The SMILES string of the molecule is CC(Nc1nc2cc(-c3ccc(Br)cc3)sc2c(=O)[nH]1)c1ccccc1. The zero-order valence-corrected chi connectivity index (χ0v) is 16.4. The molecular formula is C20H16BrN3OS. The van der Waals surface area contributed by atoms with Crippen LogP contribution in [0.3, 0.4) is 0 Å². The first-order valence-corrected chi connectivity index (χ1v) is 9.82. The summed E-state index contributed by atoms with van der Waals surface area (Å²) in [7, 11) is 0. The van der Waals surface area contributed by atoms with Crippen molar-refractivity contribution >= 4 is 43.4 Å². The van der Waals surface area contributed by atoms with Gasteiger partial charge < -0.3 is 5.32 Å². The number of halogens is 1. The molecule has 4 nitrogen and oxygen atoms in total. The lowest BCUT2D eigenvalue weighted by Crippen LogP contribution is -2.14. The zero-order chi connectivity index (χ0) is 18.1. The molecule has 4 rings (SSSR count). The number of fused-ring (bicyclic) bond motifs is 1. The summed E-state index contributed by atoms with van der Waals surface area (Å²) in [5.41, 5.74) is 2.80. The molecule has 0 fully saturated rings. The highest BCUT2D eigenvalue weighted by molar-refractivity contribution is 9.10. The van der Waals surface area contributed by atoms with Crippen molar-refractivity contribution in [1.82, 2.24) is 9.97 Å². The van der Waals surface area contributed by atoms with Crippen molar-refractivity contribution in [2.24, 2.45) is 0 Å². The minimum Gasteiger partial charge on any atom is -0.349 e. The second-order valence-electron chi connectivity index (χ2n) is 6.02. The van der Waals surface area contributed by atoms with E-state index < -0.39 is 0 Å². The Morgan fingerprint density at radius 2 is 1.85 bits per heavy atom. The highest BCUT2D eigenvalue weighted by atomic mass is 79.9. The average Bonchev–Trinajstić information content (AvgIpc) is 3.08. The third-order valence-corrected chi connectivity index (χ3v) is 5.87. The first-order chi connectivity index (χ1) is 12.6. The normalized spacial score (nSPS) is 12.2. The topological polar surface area (TPSA) is 57.8 Å². The fraction of sp³-hybridized carbons (Fsp3) is 0.100. The number of anilines is 1. The van der Waals surface area contributed by atoms with Gasteiger partial charge >= 0.3 is 0 Å². The molecule has 2 N–H and O–H groups in total. The van der Waals surface area contributed by atoms with Gasteiger partial charge in [0.2, 0.25) is 5.95 Å². The van der Waals surface area contributed by atoms with E-state index >= 15 is 0 Å². The van der Waals surface area contributed by atoms with E-state index in [0.717, 1.165) is 20.5 Å². The predicted octanol–water partition coefficient (Wildman–Crippen LogP) is 5.59. The van der Waals surface area contributed by atoms with Crippen LogP contribution >= 0.6 is 27.3 Å². The molecule has 1 unspecified atom stereocenters. The number of H-pyrrole nitrogens is 1. The largest absolute Gasteiger partial charge is 0.349 e. The Hall–Kier alpha value is -2.44. The van der Waals surface area contributed by atoms with Gasteiger partial charge in [-0.25, -0.2) is 4.98 Å². The molecule has 2 aromatic carbocycles. The van der Waals surface area contributed by atoms with E-state index in [0.29, 0.717) is 16.2 Å². The van der Waals surface area contributed by atoms with Crippen LogP contribution in [0.5, 0.6) is 0 Å². The van der Waals surface area contributed by atoms with Crippen LogP contribution in [-0.4, -0.2) is 9.97 Å². The van der Waals surface area contributed by atoms with Gasteiger partial charge in [-0.1, -0.05) is 58.4 Å². The van der Waals surface area contributed by atoms with Gasteiger partial charge in [0, 0.05) is 9.35 Å². The minimum absolute atomic E-state index is 0.0429. The molecule has 4 aromatic rings. The number of nitrogens with zero attached hydrogens (tertiary/aromatic N) is 1. The second-order valence-corrected chi connectivity index (χ2v) is 7.99. The smallest absolute Gasteiger partial charge is 0.270 e. The molecule has 0 saturated heterocycles. The number of aromatic amines is 1. The van der Waals surface area contributed by atoms with Crippen molar-refractivity contribution in [2.45, 2.75) is 13.0 Å². The molecule has 0 aliphatic carbocycles. The van der Waals surface area contributed by atoms with Gasteiger partial charge in [-0.15, -0.1) is 11.3 Å². The number of hydrogen-bond donors (Lipinski definition) is 2. The van der Waals surface area contributed by atoms with Crippen LogP contribution in [0.1, 0.15) is 18.5 Å². The molecule has 26 heavy (non-hydrogen) atoms. The Balaban J connectivity index is 1.68. The fourth-order valence-corrected chi connectivity index (χ4v) is 4.06. The number of rotatable bonds is 4. The Kier molecular flexibility index (Phi) is 4.61. The number of nitrogens with one attached hydrogen (secondary N) is 2. The molecular weight excluding hydrogens is 410 g/mol. The maximum Gasteiger partial charge on any atom is 0.270 e. The van der Waals surface area contributed by atoms with Gasteiger partial charge in [0.1, 0.15) is 4.70 Å². The van der Waals surface area contributed by atoms with Crippen molar-refractivity contribution < 1.29 is 0 Å². The van der Waals surface area contributed by atoms with E-state index in [4.69, 9.17) is 0 Å². The maximum atomic E-state index is 12.5. The van der Waals surface area contributed by atoms with Crippen LogP contribution in [0.4, 0.5) is 5.95 Å². The monoisotopic (exact) mass is 425 g/mol. The van der Waals surface area contributed by atoms with Gasteiger partial charge in [-0.3, -0.25) is 9.78 Å². The van der Waals surface area contributed by atoms with E-state index in [1.165, 1.54) is 11.3 Å². The summed E-state index contributed by atoms with van der Waals surface area (Å²) in [6.45, 7) is 2.04. The van der Waals surface area contributed by atoms with Crippen LogP contribution in [0.25, 0.3) is 20.7 Å². The van der Waals surface area contributed by atoms with Gasteiger partial charge in [0.25, 0.3) is 5.56 Å². The molecule has 0 bridgehead atoms. The number of hydrogen-bond acceptors (Lipinski definition) is 4. The summed E-state index contributed by atoms with van der Waals surface area (Å²) < 4.78 is 1.67. The quantitative estimate of drug-likeness (QED) is 0.448. The van der Waals surface area contributed by atoms with Gasteiger partial charge in [0.05, 0.1) is 11.6 Å². The standard InChI is InChI=1S/C20H16BrN3OS/c1-12(13-5-3-2-4-6-13)22-20-23-16-11-17(26-18(16)19(25)24-20)14-7-9-15(21)10-8-14/h2-12H,1H3,(H2,22,23,24,25). The molecule has 0 amide bonds. The van der Waals surface area contributed by atoms with E-state index in [2.05, 4.69) is 31.2 Å². The van der Waals surface area contributed by atoms with Crippen LogP contribution in [0.2, 0.25) is 0 Å². The summed E-state index contributed by atoms with van der Waals surface area (Å²) >= 11 is 4.90. The van der Waals surface area contributed by atoms with Crippen molar-refractivity contribution in [1.29, 1.82) is 0 Å². The van der Waals surface area contributed by atoms with E-state index in [9.17, 15) is 4.79 Å². The van der Waals surface area contributed by atoms with Crippen LogP contribution in [-0.2, 0) is 0 Å². The molecule has 1 atom stereocenters. The zero-order valence-electron chi connectivity index (χ0n) is 14.0. The number of benzene rings is 2. The Morgan fingerprint density at radius 3 is 2.58 bits per heavy atom. The van der Waals surface area contributed by atoms with E-state index in [1.807, 2.05) is 67.6 Å². The van der Waals surface area contributed by atoms with Crippen LogP contribution in [0, 0.1) is 0 Å². The molecule has 2 aromatic heterocycles. The predicted molar refractivity (Wildman–Crippen MR) is 112 cm³/mol. The van der Waals surface area contributed by atoms with Gasteiger partial charge in [0.15, 0.2) is 0 Å². The lowest BCUT2D eigenvalue weighted by Gasteiger charge is -2.14. The highest BCUT2D eigenvalue weighted by Crippen LogP contribution is 2.32. The molecule has 6 heteroatoms. The second kappa shape index (κ2) is 7.05. The average molecular weight is 426 g/mol. The van der Waals surface area contributed by atoms with Crippen molar-refractivity contribution in [2.75, 3.05) is 5.32 Å². The Bertz CT molecular complexity index is 1100. The molecule has 0 radical (unpaired) electrons. The Morgan fingerprint density at radius 1 is 1.12 bits per heavy atom. The highest BCUT2D eigenvalue weighted by Gasteiger charge is 2.12. The summed E-state index contributed by atoms with van der Waals surface area (Å²) in [6, 6.07) is 20.1. The van der Waals surface area contributed by atoms with Gasteiger partial charge in [-0.05, 0) is 36.2 Å². The van der Waals surface area contributed by atoms with Crippen molar-refractivity contribution in [3.05, 3.63) is 81.1 Å². The maximum absolute atomic E-state index is 12.5. The molecule has 0 spiro atoms. The Labute approximate surface area is 163 Å². The van der Waals surface area contributed by atoms with Gasteiger partial charge in [-0.2, -0.15) is 0 Å². The number of thiophene rings is 1. The lowest BCUT2D eigenvalue weighted by atomic mass is 10.1. The first-order valence-electron chi connectivity index (χ1n) is 8.21. The van der Waals surface area contributed by atoms with E-state index in [1.54, 1.807) is 0 Å². The molecule has 2 heterocycles. The minimum atomic E-state index is -0.119. The van der Waals surface area contributed by atoms with Crippen LogP contribution in [0.15, 0.2) is 69.9 Å². The summed E-state index contributed by atoms with van der Waals surface area (Å²) in [5.74, 6) is 0.485. The fourth-order valence-electron chi connectivity index (χ4n) is 2.79. The van der Waals surface area contributed by atoms with E-state index in [-0.39, 0.29) is 11.6 Å². The summed E-state index contributed by atoms with van der Waals surface area (Å²) in [6.07, 6.45) is 0. The third-order valence-electron chi connectivity index (χ3n) is 4.16. The lowest BCUT2D eigenvalue weighted by molar-refractivity contribution is 0.862. The molecule has 0 aliphatic rings. The van der Waals surface area contributed by atoms with Crippen LogP contribution < -0.4 is 10.9 Å². The van der Waals surface area contributed by atoms with Crippen molar-refractivity contribution in [3.63, 3.8) is 0 Å². The summed E-state index contributed by atoms with van der Waals surface area (Å²) in [5, 5.41) is 3.28. The van der Waals surface area contributed by atoms with Crippen molar-refractivity contribution in [3.8, 4) is 10.4 Å². The summed E-state index contributed by atoms with van der Waals surface area (Å²) in [4.78, 5) is 21.0. The third kappa shape index (κ3) is 3.43. The first kappa shape index (κ1) is 17.0. The molecule has 0 saturated carbocycles. The molecule has 0 aliphatic heterocycles. The molecule has 130 valence electrons.